The summed E-state index contributed by atoms with van der Waals surface area (Å²) < 4.78 is 15.0. The lowest BCUT2D eigenvalue weighted by Crippen LogP contribution is -2.57. The molecular weight excluding hydrogens is 321 g/mol. The number of nitrogens with one attached hydrogen (secondary N) is 2. The number of likely N-dealkylation sites (tertiary alicyclic amines) is 1. The first-order valence-corrected chi connectivity index (χ1v) is 9.11. The van der Waals surface area contributed by atoms with Crippen molar-refractivity contribution < 1.29 is 14.0 Å². The van der Waals surface area contributed by atoms with Crippen LogP contribution in [0.25, 0.3) is 0 Å². The Bertz CT molecular complexity index is 606. The normalized spacial score (nSPS) is 23.2. The minimum Gasteiger partial charge on any atom is -0.353 e. The van der Waals surface area contributed by atoms with Crippen LogP contribution in [0.1, 0.15) is 31.2 Å². The summed E-state index contributed by atoms with van der Waals surface area (Å²) in [4.78, 5) is 25.9. The predicted octanol–water partition coefficient (Wildman–Crippen LogP) is 2.27. The van der Waals surface area contributed by atoms with Crippen LogP contribution in [-0.4, -0.2) is 48.7 Å². The Morgan fingerprint density at radius 2 is 1.96 bits per heavy atom. The van der Waals surface area contributed by atoms with E-state index in [2.05, 4.69) is 10.6 Å². The Morgan fingerprint density at radius 1 is 1.20 bits per heavy atom. The fraction of sp³-hybridized carbons (Fsp3) is 0.579. The highest BCUT2D eigenvalue weighted by Gasteiger charge is 2.44. The van der Waals surface area contributed by atoms with Gasteiger partial charge in [0.1, 0.15) is 0 Å². The Labute approximate surface area is 148 Å². The molecule has 2 N–H and O–H groups in total. The fourth-order valence-corrected chi connectivity index (χ4v) is 3.16. The molecule has 1 unspecified atom stereocenters. The Hall–Kier alpha value is -2.11. The number of piperidine rings is 1. The predicted molar refractivity (Wildman–Crippen MR) is 93.9 cm³/mol. The number of carbonyl (C=O) groups is 2. The number of rotatable bonds is 6. The Kier molecular flexibility index (Phi) is 5.56. The molecule has 1 heterocycles. The fourth-order valence-electron chi connectivity index (χ4n) is 3.16. The number of hydrogen-bond acceptors (Lipinski definition) is 2. The second-order valence-electron chi connectivity index (χ2n) is 7.11. The van der Waals surface area contributed by atoms with Crippen LogP contribution in [0.15, 0.2) is 30.3 Å². The summed E-state index contributed by atoms with van der Waals surface area (Å²) in [5.41, 5.74) is -0.829. The van der Waals surface area contributed by atoms with E-state index in [0.717, 1.165) is 24.8 Å². The second-order valence-corrected chi connectivity index (χ2v) is 7.11. The smallest absolute Gasteiger partial charge is 0.317 e. The van der Waals surface area contributed by atoms with Crippen molar-refractivity contribution in [2.24, 2.45) is 5.92 Å². The molecule has 136 valence electrons. The number of alkyl halides is 1. The molecule has 1 aromatic rings. The van der Waals surface area contributed by atoms with Crippen LogP contribution in [0.5, 0.6) is 0 Å². The van der Waals surface area contributed by atoms with Gasteiger partial charge in [0.25, 0.3) is 5.91 Å². The van der Waals surface area contributed by atoms with Gasteiger partial charge in [-0.25, -0.2) is 9.18 Å². The van der Waals surface area contributed by atoms with Gasteiger partial charge in [0.2, 0.25) is 5.67 Å². The van der Waals surface area contributed by atoms with E-state index in [-0.39, 0.29) is 19.0 Å². The Morgan fingerprint density at radius 3 is 2.68 bits per heavy atom. The molecular formula is C19H26FN3O2. The Balaban J connectivity index is 1.46. The van der Waals surface area contributed by atoms with Crippen molar-refractivity contribution >= 4 is 11.9 Å². The zero-order chi connectivity index (χ0) is 17.7. The lowest BCUT2D eigenvalue weighted by Gasteiger charge is -2.36. The third-order valence-electron chi connectivity index (χ3n) is 4.92. The zero-order valence-corrected chi connectivity index (χ0v) is 14.5. The van der Waals surface area contributed by atoms with Gasteiger partial charge in [0.15, 0.2) is 0 Å². The molecule has 25 heavy (non-hydrogen) atoms. The minimum absolute atomic E-state index is 0.166. The molecule has 3 rings (SSSR count). The highest BCUT2D eigenvalue weighted by Crippen LogP contribution is 2.29. The molecule has 2 fully saturated rings. The average molecular weight is 347 g/mol. The summed E-state index contributed by atoms with van der Waals surface area (Å²) in [7, 11) is 0. The van der Waals surface area contributed by atoms with Crippen LogP contribution in [-0.2, 0) is 11.2 Å². The average Bonchev–Trinajstić information content (AvgIpc) is 3.45. The first-order chi connectivity index (χ1) is 12.1. The lowest BCUT2D eigenvalue weighted by atomic mass is 9.94. The number of benzene rings is 1. The molecule has 0 spiro atoms. The van der Waals surface area contributed by atoms with E-state index in [1.807, 2.05) is 30.3 Å². The largest absolute Gasteiger partial charge is 0.353 e. The standard InChI is InChI=1S/C19H26FN3O2/c20-19(17(24)22-13-16-7-8-16)10-4-12-23(14-19)18(25)21-11-9-15-5-2-1-3-6-15/h1-3,5-6,16H,4,7-14H2,(H,21,25)(H,22,24). The van der Waals surface area contributed by atoms with Gasteiger partial charge in [-0.15, -0.1) is 0 Å². The van der Waals surface area contributed by atoms with Gasteiger partial charge in [-0.05, 0) is 43.6 Å². The van der Waals surface area contributed by atoms with Crippen molar-refractivity contribution in [2.75, 3.05) is 26.2 Å². The van der Waals surface area contributed by atoms with Crippen LogP contribution in [0, 0.1) is 5.92 Å². The van der Waals surface area contributed by atoms with Gasteiger partial charge in [0.05, 0.1) is 6.54 Å². The summed E-state index contributed by atoms with van der Waals surface area (Å²) >= 11 is 0. The van der Waals surface area contributed by atoms with Crippen molar-refractivity contribution in [1.29, 1.82) is 0 Å². The van der Waals surface area contributed by atoms with Gasteiger partial charge in [-0.2, -0.15) is 0 Å². The van der Waals surface area contributed by atoms with E-state index in [0.29, 0.717) is 32.0 Å². The first kappa shape index (κ1) is 17.7. The van der Waals surface area contributed by atoms with Gasteiger partial charge in [-0.3, -0.25) is 4.79 Å². The zero-order valence-electron chi connectivity index (χ0n) is 14.5. The third-order valence-corrected chi connectivity index (χ3v) is 4.92. The van der Waals surface area contributed by atoms with Crippen molar-refractivity contribution in [1.82, 2.24) is 15.5 Å². The van der Waals surface area contributed by atoms with Crippen LogP contribution in [0.2, 0.25) is 0 Å². The molecule has 1 saturated heterocycles. The van der Waals surface area contributed by atoms with E-state index < -0.39 is 11.6 Å². The number of urea groups is 1. The highest BCUT2D eigenvalue weighted by molar-refractivity contribution is 5.86. The summed E-state index contributed by atoms with van der Waals surface area (Å²) in [5.74, 6) is -0.0604. The number of carbonyl (C=O) groups excluding carboxylic acids is 2. The first-order valence-electron chi connectivity index (χ1n) is 9.11. The maximum atomic E-state index is 15.0. The number of hydrogen-bond donors (Lipinski definition) is 2. The topological polar surface area (TPSA) is 61.4 Å². The molecule has 3 amide bonds. The molecule has 1 aromatic carbocycles. The monoisotopic (exact) mass is 347 g/mol. The summed E-state index contributed by atoms with van der Waals surface area (Å²) in [6.07, 6.45) is 3.62. The van der Waals surface area contributed by atoms with Gasteiger partial charge >= 0.3 is 6.03 Å². The number of amides is 3. The van der Waals surface area contributed by atoms with Crippen molar-refractivity contribution in [3.8, 4) is 0 Å². The lowest BCUT2D eigenvalue weighted by molar-refractivity contribution is -0.135. The van der Waals surface area contributed by atoms with Crippen LogP contribution in [0.4, 0.5) is 9.18 Å². The SMILES string of the molecule is O=C(NCCc1ccccc1)N1CCCC(F)(C(=O)NCC2CC2)C1. The van der Waals surface area contributed by atoms with E-state index >= 15 is 4.39 Å². The van der Waals surface area contributed by atoms with Crippen molar-refractivity contribution in [2.45, 2.75) is 37.8 Å². The molecule has 5 nitrogen and oxygen atoms in total. The molecule has 6 heteroatoms. The molecule has 1 aliphatic heterocycles. The van der Waals surface area contributed by atoms with Gasteiger partial charge < -0.3 is 15.5 Å². The minimum atomic E-state index is -1.97. The summed E-state index contributed by atoms with van der Waals surface area (Å²) in [6, 6.07) is 9.57. The molecule has 0 bridgehead atoms. The van der Waals surface area contributed by atoms with E-state index in [1.54, 1.807) is 0 Å². The van der Waals surface area contributed by atoms with Crippen LogP contribution < -0.4 is 10.6 Å². The quantitative estimate of drug-likeness (QED) is 0.829. The van der Waals surface area contributed by atoms with E-state index in [1.165, 1.54) is 4.90 Å². The van der Waals surface area contributed by atoms with E-state index in [4.69, 9.17) is 0 Å². The molecule has 2 aliphatic rings. The summed E-state index contributed by atoms with van der Waals surface area (Å²) in [5, 5.41) is 5.53. The second kappa shape index (κ2) is 7.85. The maximum absolute atomic E-state index is 15.0. The van der Waals surface area contributed by atoms with Gasteiger partial charge in [-0.1, -0.05) is 30.3 Å². The molecule has 1 aliphatic carbocycles. The molecule has 0 radical (unpaired) electrons. The number of halogens is 1. The number of nitrogens with zero attached hydrogens (tertiary/aromatic N) is 1. The molecule has 1 atom stereocenters. The van der Waals surface area contributed by atoms with Crippen LogP contribution in [0.3, 0.4) is 0 Å². The van der Waals surface area contributed by atoms with E-state index in [9.17, 15) is 9.59 Å². The highest BCUT2D eigenvalue weighted by atomic mass is 19.1. The van der Waals surface area contributed by atoms with Crippen molar-refractivity contribution in [3.05, 3.63) is 35.9 Å². The van der Waals surface area contributed by atoms with Gasteiger partial charge in [0, 0.05) is 19.6 Å². The van der Waals surface area contributed by atoms with Crippen molar-refractivity contribution in [3.63, 3.8) is 0 Å². The maximum Gasteiger partial charge on any atom is 0.317 e. The molecule has 1 saturated carbocycles. The molecule has 0 aromatic heterocycles. The van der Waals surface area contributed by atoms with Crippen LogP contribution >= 0.6 is 0 Å². The third kappa shape index (κ3) is 4.94. The summed E-state index contributed by atoms with van der Waals surface area (Å²) in [6.45, 7) is 1.36.